The smallest absolute Gasteiger partial charge is 0 e. The summed E-state index contributed by atoms with van der Waals surface area (Å²) in [6.45, 7) is 9.00. The summed E-state index contributed by atoms with van der Waals surface area (Å²) >= 11 is 0. The second-order valence-corrected chi connectivity index (χ2v) is 13.1. The molecule has 5 heteroatoms. The van der Waals surface area contributed by atoms with Gasteiger partial charge in [-0.1, -0.05) is 182 Å². The zero-order valence-electron chi connectivity index (χ0n) is 23.3. The Balaban J connectivity index is 0.000000264. The first kappa shape index (κ1) is 35.4. The average molecular weight is 639 g/mol. The molecule has 6 aromatic carbocycles. The van der Waals surface area contributed by atoms with Crippen molar-refractivity contribution >= 4 is 47.7 Å². The topological polar surface area (TPSA) is 39.8 Å². The molecule has 0 radical (unpaired) electrons. The SMILES string of the molecule is [C-]#[O+].[C-]#[O+].[Ni].c1ccc(P(c2ccccc2)c2ccccc2)cc1.c1ccc(P(c2ccccc2)c2ccccc2)cc1. The maximum absolute atomic E-state index is 7.50. The fourth-order valence-corrected chi connectivity index (χ4v) is 8.97. The first-order chi connectivity index (χ1) is 20.9. The third kappa shape index (κ3) is 10.7. The monoisotopic (exact) mass is 638 g/mol. The molecule has 0 aliphatic carbocycles. The Morgan fingerprint density at radius 2 is 0.372 bits per heavy atom. The maximum atomic E-state index is 7.50. The molecule has 0 aliphatic heterocycles. The van der Waals surface area contributed by atoms with Gasteiger partial charge >= 0.3 is 22.6 Å². The van der Waals surface area contributed by atoms with Gasteiger partial charge in [-0.3, -0.25) is 0 Å². The zero-order valence-corrected chi connectivity index (χ0v) is 26.1. The molecule has 0 saturated carbocycles. The van der Waals surface area contributed by atoms with Gasteiger partial charge in [0.25, 0.3) is 0 Å². The summed E-state index contributed by atoms with van der Waals surface area (Å²) in [7, 11) is -0.892. The van der Waals surface area contributed by atoms with Gasteiger partial charge in [-0.15, -0.1) is 0 Å². The zero-order chi connectivity index (χ0) is 29.8. The van der Waals surface area contributed by atoms with Crippen molar-refractivity contribution in [3.63, 3.8) is 0 Å². The Morgan fingerprint density at radius 1 is 0.256 bits per heavy atom. The van der Waals surface area contributed by atoms with Crippen LogP contribution in [0.4, 0.5) is 0 Å². The van der Waals surface area contributed by atoms with Gasteiger partial charge in [0, 0.05) is 16.5 Å². The van der Waals surface area contributed by atoms with Crippen LogP contribution in [0.1, 0.15) is 0 Å². The second kappa shape index (κ2) is 20.9. The van der Waals surface area contributed by atoms with Gasteiger partial charge in [-0.2, -0.15) is 0 Å². The van der Waals surface area contributed by atoms with E-state index in [1.165, 1.54) is 31.8 Å². The number of hydrogen-bond donors (Lipinski definition) is 0. The molecule has 0 N–H and O–H groups in total. The van der Waals surface area contributed by atoms with Crippen molar-refractivity contribution in [1.29, 1.82) is 0 Å². The molecule has 0 spiro atoms. The Hall–Kier alpha value is -3.85. The molecule has 0 aromatic heterocycles. The van der Waals surface area contributed by atoms with Crippen molar-refractivity contribution in [3.8, 4) is 0 Å². The molecule has 0 bridgehead atoms. The largest absolute Gasteiger partial charge is 0.0622 e. The molecule has 0 atom stereocenters. The first-order valence-corrected chi connectivity index (χ1v) is 15.9. The van der Waals surface area contributed by atoms with Crippen molar-refractivity contribution in [1.82, 2.24) is 0 Å². The number of rotatable bonds is 6. The summed E-state index contributed by atoms with van der Waals surface area (Å²) in [4.78, 5) is 0. The van der Waals surface area contributed by atoms with Gasteiger partial charge in [0.1, 0.15) is 0 Å². The molecule has 0 heterocycles. The number of benzene rings is 6. The average Bonchev–Trinajstić information content (AvgIpc) is 3.10. The predicted octanol–water partition coefficient (Wildman–Crippen LogP) is 6.81. The van der Waals surface area contributed by atoms with Gasteiger partial charge < -0.3 is 0 Å². The molecule has 6 rings (SSSR count). The Kier molecular flexibility index (Phi) is 17.2. The Labute approximate surface area is 267 Å². The summed E-state index contributed by atoms with van der Waals surface area (Å²) in [6, 6.07) is 64.7. The fraction of sp³-hybridized carbons (Fsp3) is 0. The minimum absolute atomic E-state index is 0. The normalized spacial score (nSPS) is 9.44. The van der Waals surface area contributed by atoms with E-state index >= 15 is 0 Å². The molecule has 0 saturated heterocycles. The van der Waals surface area contributed by atoms with Crippen molar-refractivity contribution in [2.45, 2.75) is 0 Å². The fourth-order valence-electron chi connectivity index (χ4n) is 4.36. The van der Waals surface area contributed by atoms with E-state index in [2.05, 4.69) is 195 Å². The minimum atomic E-state index is -0.446. The van der Waals surface area contributed by atoms with Crippen LogP contribution in [-0.4, -0.2) is 0 Å². The Morgan fingerprint density at radius 3 is 0.488 bits per heavy atom. The Bertz CT molecular complexity index is 1270. The molecule has 214 valence electrons. The van der Waals surface area contributed by atoms with Crippen LogP contribution >= 0.6 is 15.8 Å². The molecule has 0 aliphatic rings. The van der Waals surface area contributed by atoms with E-state index in [0.717, 1.165) is 0 Å². The van der Waals surface area contributed by atoms with Gasteiger partial charge in [-0.05, 0) is 47.7 Å². The third-order valence-electron chi connectivity index (χ3n) is 6.09. The quantitative estimate of drug-likeness (QED) is 0.0832. The van der Waals surface area contributed by atoms with Gasteiger partial charge in [0.2, 0.25) is 0 Å². The molecular weight excluding hydrogens is 609 g/mol. The van der Waals surface area contributed by atoms with Crippen LogP contribution in [0.25, 0.3) is 0 Å². The van der Waals surface area contributed by atoms with Crippen molar-refractivity contribution in [2.24, 2.45) is 0 Å². The summed E-state index contributed by atoms with van der Waals surface area (Å²) in [5, 5.41) is 8.39. The van der Waals surface area contributed by atoms with Crippen LogP contribution in [0.2, 0.25) is 0 Å². The van der Waals surface area contributed by atoms with Crippen LogP contribution in [0, 0.1) is 13.3 Å². The third-order valence-corrected chi connectivity index (χ3v) is 11.0. The van der Waals surface area contributed by atoms with E-state index in [0.29, 0.717) is 0 Å². The van der Waals surface area contributed by atoms with E-state index in [1.807, 2.05) is 0 Å². The van der Waals surface area contributed by atoms with Crippen molar-refractivity contribution in [2.75, 3.05) is 0 Å². The van der Waals surface area contributed by atoms with Crippen LogP contribution < -0.4 is 31.8 Å². The molecule has 0 unspecified atom stereocenters. The van der Waals surface area contributed by atoms with Crippen molar-refractivity contribution < 1.29 is 25.8 Å². The minimum Gasteiger partial charge on any atom is -0.0622 e. The maximum Gasteiger partial charge on any atom is 0 e. The van der Waals surface area contributed by atoms with Crippen LogP contribution in [0.15, 0.2) is 182 Å². The first-order valence-electron chi connectivity index (χ1n) is 13.2. The van der Waals surface area contributed by atoms with E-state index in [1.54, 1.807) is 0 Å². The second-order valence-electron chi connectivity index (χ2n) is 8.68. The van der Waals surface area contributed by atoms with Gasteiger partial charge in [0.15, 0.2) is 0 Å². The van der Waals surface area contributed by atoms with Crippen LogP contribution in [0.5, 0.6) is 0 Å². The molecule has 0 amide bonds. The standard InChI is InChI=1S/2C18H15P.2CO.Ni/c2*1-4-10-16(11-5-1)19(17-12-6-2-7-13-17)18-14-8-3-9-15-18;2*1-2;/h2*1-15H;;;. The summed E-state index contributed by atoms with van der Waals surface area (Å²) < 4.78 is 15.0. The van der Waals surface area contributed by atoms with E-state index < -0.39 is 15.8 Å². The molecule has 43 heavy (non-hydrogen) atoms. The molecule has 0 fully saturated rings. The number of hydrogen-bond acceptors (Lipinski definition) is 0. The van der Waals surface area contributed by atoms with Crippen LogP contribution in [0.3, 0.4) is 0 Å². The van der Waals surface area contributed by atoms with Gasteiger partial charge in [0.05, 0.1) is 0 Å². The van der Waals surface area contributed by atoms with Gasteiger partial charge in [-0.25, -0.2) is 0 Å². The molecular formula is C38H30NiO2P2. The summed E-state index contributed by atoms with van der Waals surface area (Å²) in [5.74, 6) is 0. The predicted molar refractivity (Wildman–Crippen MR) is 178 cm³/mol. The summed E-state index contributed by atoms with van der Waals surface area (Å²) in [6.07, 6.45) is 0. The molecule has 6 aromatic rings. The van der Waals surface area contributed by atoms with E-state index in [4.69, 9.17) is 9.30 Å². The summed E-state index contributed by atoms with van der Waals surface area (Å²) in [5.41, 5.74) is 0. The molecule has 2 nitrogen and oxygen atoms in total. The van der Waals surface area contributed by atoms with Crippen molar-refractivity contribution in [3.05, 3.63) is 195 Å². The van der Waals surface area contributed by atoms with Crippen LogP contribution in [-0.2, 0) is 25.8 Å². The van der Waals surface area contributed by atoms with E-state index in [9.17, 15) is 0 Å². The van der Waals surface area contributed by atoms with E-state index in [-0.39, 0.29) is 16.5 Å².